The van der Waals surface area contributed by atoms with Gasteiger partial charge in [0, 0.05) is 13.2 Å². The van der Waals surface area contributed by atoms with Crippen molar-refractivity contribution in [1.29, 1.82) is 0 Å². The van der Waals surface area contributed by atoms with E-state index in [1.165, 1.54) is 27.7 Å². The number of thioether (sulfide) groups is 1. The number of carbonyl (C=O) groups excluding carboxylic acids is 1. The van der Waals surface area contributed by atoms with Crippen LogP contribution in [0.4, 0.5) is 0 Å². The zero-order valence-corrected chi connectivity index (χ0v) is 18.1. The van der Waals surface area contributed by atoms with Gasteiger partial charge in [0.25, 0.3) is 5.56 Å². The largest absolute Gasteiger partial charge is 0.376 e. The smallest absolute Gasteiger partial charge is 0.337 e. The standard InChI is InChI=1S/C20H22N4O4S2/c1-2-29-19-22-17-16(30-19)18(26)24(13-7-4-3-5-8-13)20(27)23(17)12-15(25)21-11-14-9-6-10-28-14/h3-5,7-8,14H,2,6,9-12H2,1H3,(H,21,25)/t14-/m0/s1. The van der Waals surface area contributed by atoms with Crippen molar-refractivity contribution >= 4 is 39.4 Å². The molecule has 1 N–H and O–H groups in total. The molecule has 10 heteroatoms. The summed E-state index contributed by atoms with van der Waals surface area (Å²) in [5.41, 5.74) is -0.284. The van der Waals surface area contributed by atoms with Crippen molar-refractivity contribution in [2.24, 2.45) is 0 Å². The van der Waals surface area contributed by atoms with Crippen LogP contribution in [0.15, 0.2) is 44.3 Å². The van der Waals surface area contributed by atoms with Gasteiger partial charge in [0.15, 0.2) is 9.99 Å². The molecule has 4 rings (SSSR count). The summed E-state index contributed by atoms with van der Waals surface area (Å²) in [6, 6.07) is 8.72. The molecule has 0 saturated carbocycles. The Labute approximate surface area is 180 Å². The van der Waals surface area contributed by atoms with Gasteiger partial charge in [0.2, 0.25) is 5.91 Å². The quantitative estimate of drug-likeness (QED) is 0.558. The van der Waals surface area contributed by atoms with Crippen molar-refractivity contribution in [2.45, 2.75) is 36.8 Å². The molecule has 158 valence electrons. The first kappa shape index (κ1) is 20.8. The van der Waals surface area contributed by atoms with Gasteiger partial charge in [-0.15, -0.1) is 11.3 Å². The van der Waals surface area contributed by atoms with Gasteiger partial charge in [-0.2, -0.15) is 0 Å². The molecule has 1 atom stereocenters. The minimum Gasteiger partial charge on any atom is -0.376 e. The maximum atomic E-state index is 13.2. The molecule has 3 heterocycles. The summed E-state index contributed by atoms with van der Waals surface area (Å²) in [6.07, 6.45) is 1.91. The lowest BCUT2D eigenvalue weighted by atomic mass is 10.2. The molecule has 1 amide bonds. The molecule has 0 spiro atoms. The number of benzene rings is 1. The van der Waals surface area contributed by atoms with Gasteiger partial charge >= 0.3 is 5.69 Å². The number of fused-ring (bicyclic) bond motifs is 1. The number of thiazole rings is 1. The molecule has 1 saturated heterocycles. The lowest BCUT2D eigenvalue weighted by molar-refractivity contribution is -0.122. The summed E-state index contributed by atoms with van der Waals surface area (Å²) in [7, 11) is 0. The Morgan fingerprint density at radius 1 is 1.33 bits per heavy atom. The first-order valence-corrected chi connectivity index (χ1v) is 11.6. The molecule has 0 radical (unpaired) electrons. The van der Waals surface area contributed by atoms with Crippen LogP contribution >= 0.6 is 23.1 Å². The van der Waals surface area contributed by atoms with E-state index in [-0.39, 0.29) is 24.2 Å². The van der Waals surface area contributed by atoms with E-state index in [0.717, 1.165) is 23.2 Å². The summed E-state index contributed by atoms with van der Waals surface area (Å²) in [6.45, 7) is 2.89. The molecule has 1 fully saturated rings. The second kappa shape index (κ2) is 9.15. The minimum absolute atomic E-state index is 0.00999. The maximum Gasteiger partial charge on any atom is 0.337 e. The van der Waals surface area contributed by atoms with Crippen molar-refractivity contribution in [1.82, 2.24) is 19.4 Å². The third kappa shape index (κ3) is 4.21. The molecule has 0 unspecified atom stereocenters. The molecule has 3 aromatic rings. The fourth-order valence-electron chi connectivity index (χ4n) is 3.38. The van der Waals surface area contributed by atoms with Crippen molar-refractivity contribution < 1.29 is 9.53 Å². The zero-order chi connectivity index (χ0) is 21.1. The Balaban J connectivity index is 1.75. The number of rotatable bonds is 7. The van der Waals surface area contributed by atoms with Gasteiger partial charge in [-0.3, -0.25) is 14.2 Å². The van der Waals surface area contributed by atoms with Crippen molar-refractivity contribution in [2.75, 3.05) is 18.9 Å². The van der Waals surface area contributed by atoms with Crippen LogP contribution in [0.1, 0.15) is 19.8 Å². The van der Waals surface area contributed by atoms with Gasteiger partial charge in [0.1, 0.15) is 11.2 Å². The minimum atomic E-state index is -0.579. The first-order chi connectivity index (χ1) is 14.6. The number of carbonyl (C=O) groups is 1. The zero-order valence-electron chi connectivity index (χ0n) is 16.5. The number of para-hydroxylation sites is 1. The van der Waals surface area contributed by atoms with E-state index in [9.17, 15) is 14.4 Å². The van der Waals surface area contributed by atoms with E-state index >= 15 is 0 Å². The Morgan fingerprint density at radius 3 is 2.83 bits per heavy atom. The van der Waals surface area contributed by atoms with E-state index in [2.05, 4.69) is 10.3 Å². The number of nitrogens with one attached hydrogen (secondary N) is 1. The van der Waals surface area contributed by atoms with E-state index in [4.69, 9.17) is 4.74 Å². The molecule has 1 aliphatic heterocycles. The van der Waals surface area contributed by atoms with Crippen molar-refractivity contribution in [3.63, 3.8) is 0 Å². The fourth-order valence-corrected chi connectivity index (χ4v) is 5.35. The third-order valence-corrected chi connectivity index (χ3v) is 6.86. The molecular weight excluding hydrogens is 424 g/mol. The molecular formula is C20H22N4O4S2. The molecule has 8 nitrogen and oxygen atoms in total. The number of hydrogen-bond acceptors (Lipinski definition) is 7. The highest BCUT2D eigenvalue weighted by Gasteiger charge is 2.21. The molecule has 0 aliphatic carbocycles. The summed E-state index contributed by atoms with van der Waals surface area (Å²) in [5, 5.41) is 2.83. The van der Waals surface area contributed by atoms with E-state index < -0.39 is 11.2 Å². The van der Waals surface area contributed by atoms with Gasteiger partial charge in [-0.1, -0.05) is 36.9 Å². The highest BCUT2D eigenvalue weighted by molar-refractivity contribution is 8.01. The molecule has 1 aliphatic rings. The van der Waals surface area contributed by atoms with Crippen LogP contribution in [0.5, 0.6) is 0 Å². The van der Waals surface area contributed by atoms with Crippen LogP contribution in [0, 0.1) is 0 Å². The Morgan fingerprint density at radius 2 is 2.13 bits per heavy atom. The van der Waals surface area contributed by atoms with E-state index in [0.29, 0.717) is 27.9 Å². The Bertz CT molecular complexity index is 1160. The lowest BCUT2D eigenvalue weighted by Gasteiger charge is -2.13. The number of hydrogen-bond donors (Lipinski definition) is 1. The van der Waals surface area contributed by atoms with Gasteiger partial charge in [0.05, 0.1) is 11.8 Å². The second-order valence-corrected chi connectivity index (χ2v) is 9.36. The number of amides is 1. The summed E-state index contributed by atoms with van der Waals surface area (Å²) < 4.78 is 8.98. The average molecular weight is 447 g/mol. The Hall–Kier alpha value is -2.43. The van der Waals surface area contributed by atoms with E-state index in [1.807, 2.05) is 13.0 Å². The summed E-state index contributed by atoms with van der Waals surface area (Å²) >= 11 is 2.75. The van der Waals surface area contributed by atoms with Gasteiger partial charge in [-0.25, -0.2) is 14.3 Å². The van der Waals surface area contributed by atoms with Crippen LogP contribution in [0.25, 0.3) is 16.0 Å². The summed E-state index contributed by atoms with van der Waals surface area (Å²) in [4.78, 5) is 43.4. The van der Waals surface area contributed by atoms with Crippen LogP contribution < -0.4 is 16.6 Å². The molecule has 30 heavy (non-hydrogen) atoms. The summed E-state index contributed by atoms with van der Waals surface area (Å²) in [5.74, 6) is 0.476. The number of aromatic nitrogens is 3. The molecule has 0 bridgehead atoms. The van der Waals surface area contributed by atoms with Crippen molar-refractivity contribution in [3.05, 3.63) is 51.2 Å². The van der Waals surface area contributed by atoms with Crippen LogP contribution in [-0.2, 0) is 16.1 Å². The average Bonchev–Trinajstić information content (AvgIpc) is 3.41. The van der Waals surface area contributed by atoms with Crippen LogP contribution in [-0.4, -0.2) is 45.0 Å². The Kier molecular flexibility index (Phi) is 6.35. The predicted octanol–water partition coefficient (Wildman–Crippen LogP) is 2.02. The van der Waals surface area contributed by atoms with Crippen LogP contribution in [0.3, 0.4) is 0 Å². The highest BCUT2D eigenvalue weighted by atomic mass is 32.2. The van der Waals surface area contributed by atoms with Gasteiger partial charge in [-0.05, 0) is 30.7 Å². The lowest BCUT2D eigenvalue weighted by Crippen LogP contribution is -2.42. The number of nitrogens with zero attached hydrogens (tertiary/aromatic N) is 3. The van der Waals surface area contributed by atoms with Crippen LogP contribution in [0.2, 0.25) is 0 Å². The van der Waals surface area contributed by atoms with Crippen molar-refractivity contribution in [3.8, 4) is 5.69 Å². The van der Waals surface area contributed by atoms with E-state index in [1.54, 1.807) is 24.3 Å². The topological polar surface area (TPSA) is 95.2 Å². The third-order valence-electron chi connectivity index (χ3n) is 4.80. The normalized spacial score (nSPS) is 16.2. The predicted molar refractivity (Wildman–Crippen MR) is 118 cm³/mol. The monoisotopic (exact) mass is 446 g/mol. The highest BCUT2D eigenvalue weighted by Crippen LogP contribution is 2.27. The maximum absolute atomic E-state index is 13.2. The van der Waals surface area contributed by atoms with Gasteiger partial charge < -0.3 is 10.1 Å². The number of ether oxygens (including phenoxy) is 1. The second-order valence-electron chi connectivity index (χ2n) is 6.85. The molecule has 2 aromatic heterocycles. The first-order valence-electron chi connectivity index (χ1n) is 9.81. The molecule has 1 aromatic carbocycles. The fraction of sp³-hybridized carbons (Fsp3) is 0.400. The SMILES string of the molecule is CCSc1nc2c(s1)c(=O)n(-c1ccccc1)c(=O)n2CC(=O)NC[C@@H]1CCCO1.